The average molecular weight is 231 g/mol. The topological polar surface area (TPSA) is 65.1 Å². The first-order valence-electron chi connectivity index (χ1n) is 4.97. The predicted molar refractivity (Wildman–Crippen MR) is 59.1 cm³/mol. The van der Waals surface area contributed by atoms with E-state index in [1.54, 1.807) is 12.3 Å². The second kappa shape index (κ2) is 6.48. The molecular weight excluding hydrogens is 216 g/mol. The van der Waals surface area contributed by atoms with E-state index in [-0.39, 0.29) is 12.5 Å². The third-order valence-electron chi connectivity index (χ3n) is 2.01. The molecule has 1 rings (SSSR count). The second-order valence-electron chi connectivity index (χ2n) is 3.27. The minimum absolute atomic E-state index is 0.147. The third-order valence-corrected chi connectivity index (χ3v) is 2.23. The fourth-order valence-electron chi connectivity index (χ4n) is 1.21. The first-order chi connectivity index (χ1) is 7.24. The number of amides is 1. The van der Waals surface area contributed by atoms with E-state index in [9.17, 15) is 4.79 Å². The van der Waals surface area contributed by atoms with Crippen molar-refractivity contribution < 1.29 is 9.90 Å². The van der Waals surface area contributed by atoms with Gasteiger partial charge in [0.05, 0.1) is 5.02 Å². The zero-order chi connectivity index (χ0) is 11.1. The SMILES string of the molecule is O=C(NCCCCCO)c1cc(Cl)c[nH]1. The molecule has 0 atom stereocenters. The van der Waals surface area contributed by atoms with Gasteiger partial charge >= 0.3 is 0 Å². The summed E-state index contributed by atoms with van der Waals surface area (Å²) < 4.78 is 0. The van der Waals surface area contributed by atoms with Gasteiger partial charge in [-0.25, -0.2) is 0 Å². The van der Waals surface area contributed by atoms with E-state index in [2.05, 4.69) is 10.3 Å². The van der Waals surface area contributed by atoms with Crippen molar-refractivity contribution in [1.82, 2.24) is 10.3 Å². The van der Waals surface area contributed by atoms with Gasteiger partial charge in [-0.3, -0.25) is 4.79 Å². The number of halogens is 1. The molecule has 0 aliphatic carbocycles. The Kier molecular flexibility index (Phi) is 5.21. The lowest BCUT2D eigenvalue weighted by Crippen LogP contribution is -2.24. The van der Waals surface area contributed by atoms with Gasteiger partial charge in [-0.05, 0) is 25.3 Å². The number of aliphatic hydroxyl groups is 1. The van der Waals surface area contributed by atoms with Crippen molar-refractivity contribution in [2.45, 2.75) is 19.3 Å². The lowest BCUT2D eigenvalue weighted by Gasteiger charge is -2.02. The zero-order valence-corrected chi connectivity index (χ0v) is 9.18. The number of H-pyrrole nitrogens is 1. The van der Waals surface area contributed by atoms with Crippen LogP contribution in [0.3, 0.4) is 0 Å². The number of hydrogen-bond acceptors (Lipinski definition) is 2. The Labute approximate surface area is 93.6 Å². The molecule has 1 aromatic rings. The maximum Gasteiger partial charge on any atom is 0.267 e. The Morgan fingerprint density at radius 2 is 2.27 bits per heavy atom. The van der Waals surface area contributed by atoms with Crippen molar-refractivity contribution in [2.75, 3.05) is 13.2 Å². The van der Waals surface area contributed by atoms with E-state index in [1.165, 1.54) is 0 Å². The number of hydrogen-bond donors (Lipinski definition) is 3. The number of aromatic amines is 1. The van der Waals surface area contributed by atoms with Crippen LogP contribution in [0, 0.1) is 0 Å². The molecule has 0 aromatic carbocycles. The van der Waals surface area contributed by atoms with Gasteiger partial charge in [-0.2, -0.15) is 0 Å². The molecule has 0 aliphatic heterocycles. The molecule has 0 radical (unpaired) electrons. The van der Waals surface area contributed by atoms with Crippen molar-refractivity contribution >= 4 is 17.5 Å². The zero-order valence-electron chi connectivity index (χ0n) is 8.42. The first-order valence-corrected chi connectivity index (χ1v) is 5.35. The highest BCUT2D eigenvalue weighted by molar-refractivity contribution is 6.30. The first kappa shape index (κ1) is 12.1. The number of rotatable bonds is 6. The molecule has 4 nitrogen and oxygen atoms in total. The molecule has 0 spiro atoms. The minimum atomic E-state index is -0.147. The van der Waals surface area contributed by atoms with Crippen LogP contribution in [0.15, 0.2) is 12.3 Å². The van der Waals surface area contributed by atoms with Crippen LogP contribution >= 0.6 is 11.6 Å². The maximum absolute atomic E-state index is 11.4. The minimum Gasteiger partial charge on any atom is -0.396 e. The molecular formula is C10H15ClN2O2. The summed E-state index contributed by atoms with van der Waals surface area (Å²) in [4.78, 5) is 14.2. The van der Waals surface area contributed by atoms with Crippen LogP contribution in [-0.2, 0) is 0 Å². The number of carbonyl (C=O) groups is 1. The number of nitrogens with one attached hydrogen (secondary N) is 2. The third kappa shape index (κ3) is 4.36. The van der Waals surface area contributed by atoms with Gasteiger partial charge in [0.1, 0.15) is 5.69 Å². The van der Waals surface area contributed by atoms with E-state index in [0.717, 1.165) is 19.3 Å². The highest BCUT2D eigenvalue weighted by Crippen LogP contribution is 2.08. The quantitative estimate of drug-likeness (QED) is 0.650. The molecule has 0 saturated heterocycles. The average Bonchev–Trinajstić information content (AvgIpc) is 2.64. The van der Waals surface area contributed by atoms with Crippen LogP contribution in [0.4, 0.5) is 0 Å². The van der Waals surface area contributed by atoms with Crippen molar-refractivity contribution in [3.63, 3.8) is 0 Å². The van der Waals surface area contributed by atoms with Crippen molar-refractivity contribution in [3.8, 4) is 0 Å². The molecule has 5 heteroatoms. The number of aromatic nitrogens is 1. The van der Waals surface area contributed by atoms with Crippen LogP contribution in [0.2, 0.25) is 5.02 Å². The van der Waals surface area contributed by atoms with E-state index in [4.69, 9.17) is 16.7 Å². The van der Waals surface area contributed by atoms with E-state index in [0.29, 0.717) is 17.3 Å². The van der Waals surface area contributed by atoms with E-state index < -0.39 is 0 Å². The normalized spacial score (nSPS) is 10.3. The Morgan fingerprint density at radius 1 is 1.47 bits per heavy atom. The molecule has 1 heterocycles. The number of aliphatic hydroxyl groups excluding tert-OH is 1. The van der Waals surface area contributed by atoms with Crippen molar-refractivity contribution in [2.24, 2.45) is 0 Å². The van der Waals surface area contributed by atoms with Crippen LogP contribution in [0.5, 0.6) is 0 Å². The lowest BCUT2D eigenvalue weighted by molar-refractivity contribution is 0.0948. The van der Waals surface area contributed by atoms with E-state index >= 15 is 0 Å². The molecule has 15 heavy (non-hydrogen) atoms. The summed E-state index contributed by atoms with van der Waals surface area (Å²) >= 11 is 5.67. The molecule has 3 N–H and O–H groups in total. The summed E-state index contributed by atoms with van der Waals surface area (Å²) in [6.07, 6.45) is 4.15. The Hall–Kier alpha value is -1.00. The van der Waals surface area contributed by atoms with Gasteiger partial charge in [-0.1, -0.05) is 11.6 Å². The second-order valence-corrected chi connectivity index (χ2v) is 3.71. The fraction of sp³-hybridized carbons (Fsp3) is 0.500. The molecule has 0 bridgehead atoms. The van der Waals surface area contributed by atoms with E-state index in [1.807, 2.05) is 0 Å². The largest absolute Gasteiger partial charge is 0.396 e. The summed E-state index contributed by atoms with van der Waals surface area (Å²) in [5, 5.41) is 11.8. The molecule has 0 aliphatic rings. The Morgan fingerprint density at radius 3 is 2.87 bits per heavy atom. The highest BCUT2D eigenvalue weighted by atomic mass is 35.5. The van der Waals surface area contributed by atoms with Crippen LogP contribution in [0.25, 0.3) is 0 Å². The summed E-state index contributed by atoms with van der Waals surface area (Å²) in [6, 6.07) is 1.59. The summed E-state index contributed by atoms with van der Waals surface area (Å²) in [7, 11) is 0. The van der Waals surface area contributed by atoms with Crippen LogP contribution < -0.4 is 5.32 Å². The smallest absolute Gasteiger partial charge is 0.267 e. The van der Waals surface area contributed by atoms with Gasteiger partial charge in [0.2, 0.25) is 0 Å². The van der Waals surface area contributed by atoms with Gasteiger partial charge < -0.3 is 15.4 Å². The van der Waals surface area contributed by atoms with Gasteiger partial charge in [0.15, 0.2) is 0 Å². The van der Waals surface area contributed by atoms with Gasteiger partial charge in [0.25, 0.3) is 5.91 Å². The van der Waals surface area contributed by atoms with Gasteiger partial charge in [0, 0.05) is 19.3 Å². The lowest BCUT2D eigenvalue weighted by atomic mass is 10.2. The van der Waals surface area contributed by atoms with Crippen LogP contribution in [-0.4, -0.2) is 29.1 Å². The molecule has 0 unspecified atom stereocenters. The van der Waals surface area contributed by atoms with Crippen molar-refractivity contribution in [1.29, 1.82) is 0 Å². The predicted octanol–water partition coefficient (Wildman–Crippen LogP) is 1.56. The van der Waals surface area contributed by atoms with Gasteiger partial charge in [-0.15, -0.1) is 0 Å². The standard InChI is InChI=1S/C10H15ClN2O2/c11-8-6-9(13-7-8)10(15)12-4-2-1-3-5-14/h6-7,13-14H,1-5H2,(H,12,15). The Balaban J connectivity index is 2.19. The fourth-order valence-corrected chi connectivity index (χ4v) is 1.37. The molecule has 0 fully saturated rings. The molecule has 0 saturated carbocycles. The van der Waals surface area contributed by atoms with Crippen molar-refractivity contribution in [3.05, 3.63) is 23.0 Å². The molecule has 1 aromatic heterocycles. The number of carbonyl (C=O) groups excluding carboxylic acids is 1. The number of unbranched alkanes of at least 4 members (excludes halogenated alkanes) is 2. The monoisotopic (exact) mass is 230 g/mol. The summed E-state index contributed by atoms with van der Waals surface area (Å²) in [6.45, 7) is 0.829. The Bertz CT molecular complexity index is 312. The molecule has 84 valence electrons. The van der Waals surface area contributed by atoms with Crippen LogP contribution in [0.1, 0.15) is 29.8 Å². The summed E-state index contributed by atoms with van der Waals surface area (Å²) in [5.41, 5.74) is 0.474. The highest BCUT2D eigenvalue weighted by Gasteiger charge is 2.06. The molecule has 1 amide bonds. The summed E-state index contributed by atoms with van der Waals surface area (Å²) in [5.74, 6) is -0.147. The maximum atomic E-state index is 11.4.